The lowest BCUT2D eigenvalue weighted by Gasteiger charge is -2.30. The van der Waals surface area contributed by atoms with Crippen molar-refractivity contribution in [1.82, 2.24) is 10.3 Å². The molecule has 0 bridgehead atoms. The van der Waals surface area contributed by atoms with Crippen molar-refractivity contribution in [3.63, 3.8) is 0 Å². The zero-order valence-corrected chi connectivity index (χ0v) is 13.2. The van der Waals surface area contributed by atoms with Crippen LogP contribution in [0.5, 0.6) is 0 Å². The number of pyridine rings is 1. The maximum Gasteiger partial charge on any atom is 0.147 e. The van der Waals surface area contributed by atoms with Crippen molar-refractivity contribution in [3.05, 3.63) is 22.3 Å². The van der Waals surface area contributed by atoms with Gasteiger partial charge in [-0.1, -0.05) is 23.2 Å². The molecule has 0 radical (unpaired) electrons. The highest BCUT2D eigenvalue weighted by Crippen LogP contribution is 2.31. The van der Waals surface area contributed by atoms with Crippen LogP contribution in [-0.4, -0.2) is 29.7 Å². The lowest BCUT2D eigenvalue weighted by Crippen LogP contribution is -2.45. The molecule has 1 aromatic heterocycles. The zero-order chi connectivity index (χ0) is 14.0. The van der Waals surface area contributed by atoms with Crippen molar-refractivity contribution in [2.45, 2.75) is 45.2 Å². The van der Waals surface area contributed by atoms with E-state index >= 15 is 0 Å². The number of nitrogens with zero attached hydrogens (tertiary/aromatic N) is 2. The summed E-state index contributed by atoms with van der Waals surface area (Å²) < 4.78 is 0. The Morgan fingerprint density at radius 3 is 2.79 bits per heavy atom. The van der Waals surface area contributed by atoms with Crippen LogP contribution in [0.3, 0.4) is 0 Å². The summed E-state index contributed by atoms with van der Waals surface area (Å²) in [5.74, 6) is 0.851. The number of aromatic nitrogens is 1. The van der Waals surface area contributed by atoms with E-state index in [4.69, 9.17) is 23.2 Å². The molecule has 1 aliphatic heterocycles. The summed E-state index contributed by atoms with van der Waals surface area (Å²) in [5, 5.41) is 4.77. The van der Waals surface area contributed by atoms with E-state index in [-0.39, 0.29) is 5.54 Å². The Morgan fingerprint density at radius 2 is 2.16 bits per heavy atom. The fourth-order valence-electron chi connectivity index (χ4n) is 2.37. The molecule has 1 aromatic rings. The number of hydrogen-bond acceptors (Lipinski definition) is 3. The van der Waals surface area contributed by atoms with Crippen molar-refractivity contribution in [2.24, 2.45) is 0 Å². The molecule has 106 valence electrons. The van der Waals surface area contributed by atoms with Gasteiger partial charge < -0.3 is 10.2 Å². The molecule has 1 atom stereocenters. The maximum absolute atomic E-state index is 6.26. The molecule has 19 heavy (non-hydrogen) atoms. The normalized spacial score (nSPS) is 20.1. The number of rotatable bonds is 3. The topological polar surface area (TPSA) is 28.2 Å². The fraction of sp³-hybridized carbons (Fsp3) is 0.643. The number of hydrogen-bond donors (Lipinski definition) is 1. The highest BCUT2D eigenvalue weighted by Gasteiger charge is 2.28. The lowest BCUT2D eigenvalue weighted by molar-refractivity contribution is 0.404. The average Bonchev–Trinajstić information content (AvgIpc) is 2.73. The molecule has 2 rings (SSSR count). The van der Waals surface area contributed by atoms with Crippen LogP contribution in [0.1, 0.15) is 33.6 Å². The molecule has 2 heterocycles. The third-order valence-corrected chi connectivity index (χ3v) is 3.79. The highest BCUT2D eigenvalue weighted by molar-refractivity contribution is 6.36. The Bertz CT molecular complexity index is 443. The van der Waals surface area contributed by atoms with Crippen molar-refractivity contribution in [3.8, 4) is 0 Å². The van der Waals surface area contributed by atoms with E-state index in [1.807, 2.05) is 0 Å². The Balaban J connectivity index is 2.10. The second kappa shape index (κ2) is 5.86. The van der Waals surface area contributed by atoms with Gasteiger partial charge in [-0.15, -0.1) is 0 Å². The molecule has 0 amide bonds. The molecule has 3 nitrogen and oxygen atoms in total. The highest BCUT2D eigenvalue weighted by atomic mass is 35.5. The van der Waals surface area contributed by atoms with Crippen LogP contribution in [0, 0.1) is 0 Å². The first-order chi connectivity index (χ1) is 8.87. The van der Waals surface area contributed by atoms with Gasteiger partial charge in [0.05, 0.1) is 10.0 Å². The van der Waals surface area contributed by atoms with E-state index in [0.717, 1.165) is 18.9 Å². The predicted octanol–water partition coefficient (Wildman–Crippen LogP) is 3.75. The molecule has 1 unspecified atom stereocenters. The van der Waals surface area contributed by atoms with Crippen LogP contribution in [0.25, 0.3) is 0 Å². The Hall–Kier alpha value is -0.510. The second-order valence-electron chi connectivity index (χ2n) is 6.08. The van der Waals surface area contributed by atoms with E-state index < -0.39 is 0 Å². The van der Waals surface area contributed by atoms with Crippen molar-refractivity contribution in [2.75, 3.05) is 18.0 Å². The molecular formula is C14H21Cl2N3. The summed E-state index contributed by atoms with van der Waals surface area (Å²) >= 11 is 12.2. The fourth-order valence-corrected chi connectivity index (χ4v) is 2.86. The number of anilines is 1. The van der Waals surface area contributed by atoms with E-state index in [1.165, 1.54) is 12.8 Å². The first-order valence-electron chi connectivity index (χ1n) is 6.69. The van der Waals surface area contributed by atoms with Crippen LogP contribution in [0.2, 0.25) is 10.0 Å². The van der Waals surface area contributed by atoms with Gasteiger partial charge in [-0.25, -0.2) is 4.98 Å². The zero-order valence-electron chi connectivity index (χ0n) is 11.7. The SMILES string of the molecule is CC(C)(C)NCC1CCCN1c1ncc(Cl)cc1Cl. The van der Waals surface area contributed by atoms with E-state index in [9.17, 15) is 0 Å². The molecule has 0 spiro atoms. The van der Waals surface area contributed by atoms with Crippen LogP contribution in [0.15, 0.2) is 12.3 Å². The van der Waals surface area contributed by atoms with Crippen LogP contribution >= 0.6 is 23.2 Å². The average molecular weight is 302 g/mol. The van der Waals surface area contributed by atoms with Gasteiger partial charge in [0.25, 0.3) is 0 Å². The lowest BCUT2D eigenvalue weighted by atomic mass is 10.1. The predicted molar refractivity (Wildman–Crippen MR) is 82.4 cm³/mol. The van der Waals surface area contributed by atoms with Gasteiger partial charge in [0.15, 0.2) is 0 Å². The molecule has 0 aromatic carbocycles. The van der Waals surface area contributed by atoms with Gasteiger partial charge in [-0.05, 0) is 39.7 Å². The third kappa shape index (κ3) is 3.98. The summed E-state index contributed by atoms with van der Waals surface area (Å²) in [6.45, 7) is 8.49. The van der Waals surface area contributed by atoms with E-state index in [2.05, 4.69) is 36.0 Å². The molecule has 1 aliphatic rings. The summed E-state index contributed by atoms with van der Waals surface area (Å²) in [4.78, 5) is 6.68. The first kappa shape index (κ1) is 14.9. The molecule has 0 aliphatic carbocycles. The molecule has 1 saturated heterocycles. The minimum atomic E-state index is 0.130. The summed E-state index contributed by atoms with van der Waals surface area (Å²) in [6.07, 6.45) is 4.01. The summed E-state index contributed by atoms with van der Waals surface area (Å²) in [6, 6.07) is 2.21. The van der Waals surface area contributed by atoms with Gasteiger partial charge in [-0.3, -0.25) is 0 Å². The van der Waals surface area contributed by atoms with E-state index in [0.29, 0.717) is 16.1 Å². The third-order valence-electron chi connectivity index (χ3n) is 3.31. The van der Waals surface area contributed by atoms with Crippen LogP contribution < -0.4 is 10.2 Å². The summed E-state index contributed by atoms with van der Waals surface area (Å²) in [5.41, 5.74) is 0.130. The standard InChI is InChI=1S/C14H21Cl2N3/c1-14(2,3)18-9-11-5-4-6-19(11)13-12(16)7-10(15)8-17-13/h7-8,11,18H,4-6,9H2,1-3H3. The quantitative estimate of drug-likeness (QED) is 0.922. The van der Waals surface area contributed by atoms with Crippen molar-refractivity contribution in [1.29, 1.82) is 0 Å². The Morgan fingerprint density at radius 1 is 1.42 bits per heavy atom. The Kier molecular flexibility index (Phi) is 4.59. The van der Waals surface area contributed by atoms with Gasteiger partial charge in [-0.2, -0.15) is 0 Å². The molecule has 0 saturated carbocycles. The van der Waals surface area contributed by atoms with Gasteiger partial charge in [0.2, 0.25) is 0 Å². The maximum atomic E-state index is 6.26. The van der Waals surface area contributed by atoms with Gasteiger partial charge >= 0.3 is 0 Å². The minimum absolute atomic E-state index is 0.130. The molecule has 1 N–H and O–H groups in total. The van der Waals surface area contributed by atoms with Crippen LogP contribution in [-0.2, 0) is 0 Å². The summed E-state index contributed by atoms with van der Waals surface area (Å²) in [7, 11) is 0. The molecule has 1 fully saturated rings. The number of halogens is 2. The van der Waals surface area contributed by atoms with E-state index in [1.54, 1.807) is 12.3 Å². The largest absolute Gasteiger partial charge is 0.351 e. The van der Waals surface area contributed by atoms with Crippen molar-refractivity contribution < 1.29 is 0 Å². The number of nitrogens with one attached hydrogen (secondary N) is 1. The molecular weight excluding hydrogens is 281 g/mol. The smallest absolute Gasteiger partial charge is 0.147 e. The first-order valence-corrected chi connectivity index (χ1v) is 7.45. The Labute approximate surface area is 125 Å². The van der Waals surface area contributed by atoms with Gasteiger partial charge in [0, 0.05) is 30.9 Å². The monoisotopic (exact) mass is 301 g/mol. The minimum Gasteiger partial charge on any atom is -0.351 e. The second-order valence-corrected chi connectivity index (χ2v) is 6.92. The van der Waals surface area contributed by atoms with Crippen molar-refractivity contribution >= 4 is 29.0 Å². The van der Waals surface area contributed by atoms with Gasteiger partial charge in [0.1, 0.15) is 5.82 Å². The molecule has 5 heteroatoms. The van der Waals surface area contributed by atoms with Crippen LogP contribution in [0.4, 0.5) is 5.82 Å².